The summed E-state index contributed by atoms with van der Waals surface area (Å²) in [5.41, 5.74) is 6.78. The summed E-state index contributed by atoms with van der Waals surface area (Å²) in [6.45, 7) is 2.06. The number of amides is 2. The van der Waals surface area contributed by atoms with Crippen molar-refractivity contribution in [2.75, 3.05) is 13.1 Å². The van der Waals surface area contributed by atoms with Gasteiger partial charge in [-0.05, 0) is 24.5 Å². The number of hydrogen-bond donors (Lipinski definition) is 3. The lowest BCUT2D eigenvalue weighted by Crippen LogP contribution is -2.51. The van der Waals surface area contributed by atoms with E-state index in [0.717, 1.165) is 12.0 Å². The highest BCUT2D eigenvalue weighted by atomic mass is 35.5. The van der Waals surface area contributed by atoms with E-state index in [9.17, 15) is 9.59 Å². The van der Waals surface area contributed by atoms with Gasteiger partial charge in [0.15, 0.2) is 0 Å². The second-order valence-electron chi connectivity index (χ2n) is 5.84. The summed E-state index contributed by atoms with van der Waals surface area (Å²) in [6.07, 6.45) is 0.749. The molecule has 5 nitrogen and oxygen atoms in total. The molecule has 0 heterocycles. The molecule has 6 heteroatoms. The van der Waals surface area contributed by atoms with Gasteiger partial charge in [0.05, 0.1) is 6.54 Å². The van der Waals surface area contributed by atoms with E-state index < -0.39 is 5.54 Å². The van der Waals surface area contributed by atoms with Crippen LogP contribution in [0.4, 0.5) is 0 Å². The van der Waals surface area contributed by atoms with Crippen LogP contribution < -0.4 is 16.4 Å². The number of rotatable bonds is 7. The lowest BCUT2D eigenvalue weighted by atomic mass is 9.92. The van der Waals surface area contributed by atoms with Crippen molar-refractivity contribution < 1.29 is 9.59 Å². The maximum absolute atomic E-state index is 12.2. The van der Waals surface area contributed by atoms with E-state index >= 15 is 0 Å². The summed E-state index contributed by atoms with van der Waals surface area (Å²) in [6, 6.07) is 19.0. The molecule has 2 aromatic rings. The molecule has 2 rings (SSSR count). The maximum Gasteiger partial charge on any atom is 0.244 e. The Kier molecular flexibility index (Phi) is 8.11. The van der Waals surface area contributed by atoms with Gasteiger partial charge in [0.25, 0.3) is 0 Å². The summed E-state index contributed by atoms with van der Waals surface area (Å²) in [7, 11) is 0. The highest BCUT2D eigenvalue weighted by molar-refractivity contribution is 5.90. The Morgan fingerprint density at radius 3 is 2.12 bits per heavy atom. The number of halogens is 1. The minimum Gasteiger partial charge on any atom is -0.354 e. The molecule has 0 bridgehead atoms. The van der Waals surface area contributed by atoms with Crippen LogP contribution in [0.15, 0.2) is 60.7 Å². The average molecular weight is 362 g/mol. The van der Waals surface area contributed by atoms with E-state index in [1.165, 1.54) is 0 Å². The van der Waals surface area contributed by atoms with Crippen LogP contribution in [0.2, 0.25) is 0 Å². The molecule has 0 saturated carbocycles. The number of carbonyl (C=O) groups is 2. The number of carbonyl (C=O) groups excluding carboxylic acids is 2. The van der Waals surface area contributed by atoms with Gasteiger partial charge in [0.2, 0.25) is 11.8 Å². The first kappa shape index (κ1) is 20.7. The van der Waals surface area contributed by atoms with E-state index in [0.29, 0.717) is 12.1 Å². The lowest BCUT2D eigenvalue weighted by Gasteiger charge is -2.23. The molecular weight excluding hydrogens is 338 g/mol. The second-order valence-corrected chi connectivity index (χ2v) is 5.84. The van der Waals surface area contributed by atoms with Crippen molar-refractivity contribution in [3.8, 4) is 0 Å². The fourth-order valence-corrected chi connectivity index (χ4v) is 2.31. The first-order valence-electron chi connectivity index (χ1n) is 7.93. The van der Waals surface area contributed by atoms with Crippen LogP contribution in [-0.4, -0.2) is 24.9 Å². The third-order valence-corrected chi connectivity index (χ3v) is 3.83. The van der Waals surface area contributed by atoms with Crippen molar-refractivity contribution in [2.45, 2.75) is 18.9 Å². The van der Waals surface area contributed by atoms with E-state index in [-0.39, 0.29) is 30.8 Å². The Balaban J connectivity index is 0.00000312. The fraction of sp³-hybridized carbons (Fsp3) is 0.263. The molecule has 2 amide bonds. The number of hydrogen-bond acceptors (Lipinski definition) is 3. The van der Waals surface area contributed by atoms with Crippen LogP contribution >= 0.6 is 12.4 Å². The molecule has 4 N–H and O–H groups in total. The molecule has 0 fully saturated rings. The van der Waals surface area contributed by atoms with Crippen LogP contribution in [0.1, 0.15) is 18.1 Å². The molecule has 0 aliphatic rings. The molecule has 25 heavy (non-hydrogen) atoms. The summed E-state index contributed by atoms with van der Waals surface area (Å²) in [5, 5.41) is 5.38. The summed E-state index contributed by atoms with van der Waals surface area (Å²) in [4.78, 5) is 24.1. The zero-order chi connectivity index (χ0) is 17.4. The monoisotopic (exact) mass is 361 g/mol. The van der Waals surface area contributed by atoms with E-state index in [2.05, 4.69) is 10.6 Å². The van der Waals surface area contributed by atoms with Crippen molar-refractivity contribution in [1.29, 1.82) is 0 Å². The van der Waals surface area contributed by atoms with Gasteiger partial charge in [0, 0.05) is 6.54 Å². The predicted octanol–water partition coefficient (Wildman–Crippen LogP) is 1.76. The first-order chi connectivity index (χ1) is 11.5. The summed E-state index contributed by atoms with van der Waals surface area (Å²) >= 11 is 0. The van der Waals surface area contributed by atoms with Gasteiger partial charge in [-0.2, -0.15) is 0 Å². The number of nitrogens with two attached hydrogens (primary N) is 1. The molecule has 0 saturated heterocycles. The van der Waals surface area contributed by atoms with Crippen molar-refractivity contribution >= 4 is 24.2 Å². The summed E-state index contributed by atoms with van der Waals surface area (Å²) < 4.78 is 0. The van der Waals surface area contributed by atoms with E-state index in [1.807, 2.05) is 48.5 Å². The molecule has 0 aliphatic carbocycles. The maximum atomic E-state index is 12.2. The Morgan fingerprint density at radius 2 is 1.52 bits per heavy atom. The molecule has 1 unspecified atom stereocenters. The molecular formula is C19H24ClN3O2. The topological polar surface area (TPSA) is 84.2 Å². The number of nitrogens with one attached hydrogen (secondary N) is 2. The Hall–Kier alpha value is -2.37. The van der Waals surface area contributed by atoms with E-state index in [4.69, 9.17) is 5.73 Å². The van der Waals surface area contributed by atoms with Gasteiger partial charge >= 0.3 is 0 Å². The molecule has 0 radical (unpaired) electrons. The smallest absolute Gasteiger partial charge is 0.244 e. The highest BCUT2D eigenvalue weighted by Crippen LogP contribution is 2.17. The quantitative estimate of drug-likeness (QED) is 0.702. The molecule has 0 aliphatic heterocycles. The molecule has 1 atom stereocenters. The summed E-state index contributed by atoms with van der Waals surface area (Å²) in [5.74, 6) is -0.616. The zero-order valence-corrected chi connectivity index (χ0v) is 15.0. The van der Waals surface area contributed by atoms with Gasteiger partial charge in [-0.1, -0.05) is 60.7 Å². The SMILES string of the molecule is CC(N)(C(=O)NCC(=O)NCCc1ccccc1)c1ccccc1.Cl. The molecule has 0 aromatic heterocycles. The zero-order valence-electron chi connectivity index (χ0n) is 14.2. The molecule has 134 valence electrons. The van der Waals surface area contributed by atoms with Gasteiger partial charge in [0.1, 0.15) is 5.54 Å². The predicted molar refractivity (Wildman–Crippen MR) is 101 cm³/mol. The third kappa shape index (κ3) is 6.21. The Labute approximate surface area is 154 Å². The Morgan fingerprint density at radius 1 is 0.960 bits per heavy atom. The first-order valence-corrected chi connectivity index (χ1v) is 7.93. The fourth-order valence-electron chi connectivity index (χ4n) is 2.31. The van der Waals surface area contributed by atoms with Gasteiger partial charge in [-0.25, -0.2) is 0 Å². The minimum absolute atomic E-state index is 0. The standard InChI is InChI=1S/C19H23N3O2.ClH/c1-19(20,16-10-6-3-7-11-16)18(24)22-14-17(23)21-13-12-15-8-4-2-5-9-15;/h2-11H,12-14,20H2,1H3,(H,21,23)(H,22,24);1H. The largest absolute Gasteiger partial charge is 0.354 e. The molecule has 2 aromatic carbocycles. The van der Waals surface area contributed by atoms with Crippen molar-refractivity contribution in [3.05, 3.63) is 71.8 Å². The van der Waals surface area contributed by atoms with Gasteiger partial charge in [-0.15, -0.1) is 12.4 Å². The third-order valence-electron chi connectivity index (χ3n) is 3.83. The van der Waals surface area contributed by atoms with Crippen molar-refractivity contribution in [1.82, 2.24) is 10.6 Å². The lowest BCUT2D eigenvalue weighted by molar-refractivity contribution is -0.129. The van der Waals surface area contributed by atoms with Crippen LogP contribution in [-0.2, 0) is 21.5 Å². The Bertz CT molecular complexity index is 676. The normalized spacial score (nSPS) is 12.4. The average Bonchev–Trinajstić information content (AvgIpc) is 2.61. The van der Waals surface area contributed by atoms with E-state index in [1.54, 1.807) is 19.1 Å². The van der Waals surface area contributed by atoms with Gasteiger partial charge in [-0.3, -0.25) is 9.59 Å². The molecule has 0 spiro atoms. The minimum atomic E-state index is -1.18. The van der Waals surface area contributed by atoms with Crippen molar-refractivity contribution in [3.63, 3.8) is 0 Å². The van der Waals surface area contributed by atoms with Crippen LogP contribution in [0.25, 0.3) is 0 Å². The second kappa shape index (κ2) is 9.81. The van der Waals surface area contributed by atoms with Crippen LogP contribution in [0.5, 0.6) is 0 Å². The number of benzene rings is 2. The van der Waals surface area contributed by atoms with Crippen LogP contribution in [0, 0.1) is 0 Å². The van der Waals surface area contributed by atoms with Gasteiger partial charge < -0.3 is 16.4 Å². The van der Waals surface area contributed by atoms with Crippen molar-refractivity contribution in [2.24, 2.45) is 5.73 Å². The highest BCUT2D eigenvalue weighted by Gasteiger charge is 2.30. The van der Waals surface area contributed by atoms with Crippen LogP contribution in [0.3, 0.4) is 0 Å².